The maximum Gasteiger partial charge on any atom is 0.267 e. The van der Waals surface area contributed by atoms with Crippen LogP contribution in [0.2, 0.25) is 0 Å². The number of anilines is 1. The van der Waals surface area contributed by atoms with Crippen molar-refractivity contribution in [3.8, 4) is 17.0 Å². The Morgan fingerprint density at radius 1 is 1.30 bits per heavy atom. The van der Waals surface area contributed by atoms with Gasteiger partial charge in [-0.05, 0) is 25.1 Å². The molecule has 0 spiro atoms. The lowest BCUT2D eigenvalue weighted by Gasteiger charge is -2.20. The summed E-state index contributed by atoms with van der Waals surface area (Å²) in [6, 6.07) is 10.5. The molecule has 1 aliphatic heterocycles. The Balaban J connectivity index is 1.65. The summed E-state index contributed by atoms with van der Waals surface area (Å²) < 4.78 is 16.6. The number of ether oxygens (including phenoxy) is 2. The van der Waals surface area contributed by atoms with Crippen LogP contribution < -0.4 is 15.6 Å². The zero-order valence-electron chi connectivity index (χ0n) is 15.0. The quantitative estimate of drug-likeness (QED) is 0.719. The van der Waals surface area contributed by atoms with Crippen molar-refractivity contribution in [3.05, 3.63) is 52.6 Å². The molecule has 2 aromatic heterocycles. The average molecular weight is 385 g/mol. The van der Waals surface area contributed by atoms with Crippen molar-refractivity contribution in [2.45, 2.75) is 19.0 Å². The molecule has 1 aromatic carbocycles. The Hall–Kier alpha value is -2.78. The van der Waals surface area contributed by atoms with Crippen molar-refractivity contribution in [1.82, 2.24) is 19.1 Å². The minimum atomic E-state index is -0.229. The molecule has 1 N–H and O–H groups in total. The molecule has 3 aromatic rings. The predicted molar refractivity (Wildman–Crippen MR) is 102 cm³/mol. The second-order valence-electron chi connectivity index (χ2n) is 6.24. The Kier molecular flexibility index (Phi) is 4.87. The molecule has 4 rings (SSSR count). The Bertz CT molecular complexity index is 1000. The monoisotopic (exact) mass is 385 g/mol. The molecule has 0 bridgehead atoms. The van der Waals surface area contributed by atoms with Gasteiger partial charge in [0.05, 0.1) is 32.1 Å². The maximum atomic E-state index is 12.5. The second-order valence-corrected chi connectivity index (χ2v) is 6.99. The van der Waals surface area contributed by atoms with Gasteiger partial charge < -0.3 is 14.8 Å². The zero-order chi connectivity index (χ0) is 18.8. The molecule has 3 heterocycles. The van der Waals surface area contributed by atoms with Gasteiger partial charge in [0.1, 0.15) is 17.6 Å². The van der Waals surface area contributed by atoms with Crippen LogP contribution in [0.15, 0.2) is 41.2 Å². The first-order chi connectivity index (χ1) is 13.1. The van der Waals surface area contributed by atoms with E-state index in [2.05, 4.69) is 19.8 Å². The molecule has 140 valence electrons. The van der Waals surface area contributed by atoms with Crippen LogP contribution in [0.25, 0.3) is 11.3 Å². The number of hydrogen-bond donors (Lipinski definition) is 1. The third-order valence-electron chi connectivity index (χ3n) is 4.39. The molecule has 1 saturated heterocycles. The van der Waals surface area contributed by atoms with Gasteiger partial charge in [0.15, 0.2) is 0 Å². The van der Waals surface area contributed by atoms with E-state index in [0.29, 0.717) is 29.9 Å². The standard InChI is InChI=1S/C18H19N5O3S/c1-11-19-18(27-22-11)20-15-9-26-10-16(15)23-17(24)7-6-14(21-23)12-4-3-5-13(8-12)25-2/h3-8,15-16H,9-10H2,1-2H3,(H,19,20,22). The largest absolute Gasteiger partial charge is 0.497 e. The van der Waals surface area contributed by atoms with Crippen molar-refractivity contribution in [3.63, 3.8) is 0 Å². The van der Waals surface area contributed by atoms with Gasteiger partial charge in [0, 0.05) is 23.2 Å². The number of rotatable bonds is 5. The molecule has 2 atom stereocenters. The number of benzene rings is 1. The smallest absolute Gasteiger partial charge is 0.267 e. The van der Waals surface area contributed by atoms with E-state index in [9.17, 15) is 4.79 Å². The SMILES string of the molecule is COc1cccc(-c2ccc(=O)n(C3COCC3Nc3nc(C)ns3)n2)c1. The molecule has 1 fully saturated rings. The molecule has 1 aliphatic rings. The first kappa shape index (κ1) is 17.6. The highest BCUT2D eigenvalue weighted by Gasteiger charge is 2.32. The fraction of sp³-hybridized carbons (Fsp3) is 0.333. The van der Waals surface area contributed by atoms with Gasteiger partial charge in [0.25, 0.3) is 5.56 Å². The van der Waals surface area contributed by atoms with E-state index in [1.807, 2.05) is 31.2 Å². The van der Waals surface area contributed by atoms with Crippen LogP contribution in [0.1, 0.15) is 11.9 Å². The molecule has 0 radical (unpaired) electrons. The summed E-state index contributed by atoms with van der Waals surface area (Å²) in [6.45, 7) is 2.72. The first-order valence-electron chi connectivity index (χ1n) is 8.53. The van der Waals surface area contributed by atoms with Crippen LogP contribution in [0, 0.1) is 6.92 Å². The minimum Gasteiger partial charge on any atom is -0.497 e. The molecule has 9 heteroatoms. The highest BCUT2D eigenvalue weighted by atomic mass is 32.1. The lowest BCUT2D eigenvalue weighted by molar-refractivity contribution is 0.183. The number of hydrogen-bond acceptors (Lipinski definition) is 8. The van der Waals surface area contributed by atoms with E-state index < -0.39 is 0 Å². The van der Waals surface area contributed by atoms with Gasteiger partial charge in [-0.25, -0.2) is 9.67 Å². The maximum absolute atomic E-state index is 12.5. The van der Waals surface area contributed by atoms with Crippen LogP contribution in [0.5, 0.6) is 5.75 Å². The van der Waals surface area contributed by atoms with E-state index in [1.54, 1.807) is 13.2 Å². The van der Waals surface area contributed by atoms with E-state index in [0.717, 1.165) is 11.3 Å². The summed E-state index contributed by atoms with van der Waals surface area (Å²) in [5.41, 5.74) is 1.41. The van der Waals surface area contributed by atoms with E-state index in [4.69, 9.17) is 9.47 Å². The first-order valence-corrected chi connectivity index (χ1v) is 9.30. The van der Waals surface area contributed by atoms with Crippen LogP contribution in [-0.2, 0) is 4.74 Å². The molecule has 0 aliphatic carbocycles. The fourth-order valence-corrected chi connectivity index (χ4v) is 3.67. The van der Waals surface area contributed by atoms with E-state index >= 15 is 0 Å². The number of aryl methyl sites for hydroxylation is 1. The molecular formula is C18H19N5O3S. The van der Waals surface area contributed by atoms with Crippen LogP contribution in [-0.4, -0.2) is 45.5 Å². The number of methoxy groups -OCH3 is 1. The predicted octanol–water partition coefficient (Wildman–Crippen LogP) is 2.13. The van der Waals surface area contributed by atoms with Crippen molar-refractivity contribution in [1.29, 1.82) is 0 Å². The Morgan fingerprint density at radius 2 is 2.19 bits per heavy atom. The lowest BCUT2D eigenvalue weighted by Crippen LogP contribution is -2.37. The van der Waals surface area contributed by atoms with Crippen molar-refractivity contribution in [2.24, 2.45) is 0 Å². The Labute approximate surface area is 160 Å². The van der Waals surface area contributed by atoms with E-state index in [1.165, 1.54) is 22.3 Å². The van der Waals surface area contributed by atoms with Crippen LogP contribution in [0.4, 0.5) is 5.13 Å². The molecule has 2 unspecified atom stereocenters. The second kappa shape index (κ2) is 7.45. The van der Waals surface area contributed by atoms with Crippen molar-refractivity contribution >= 4 is 16.7 Å². The van der Waals surface area contributed by atoms with Gasteiger partial charge in [-0.1, -0.05) is 12.1 Å². The third-order valence-corrected chi connectivity index (χ3v) is 5.13. The fourth-order valence-electron chi connectivity index (χ4n) is 3.04. The summed E-state index contributed by atoms with van der Waals surface area (Å²) in [7, 11) is 1.62. The summed E-state index contributed by atoms with van der Waals surface area (Å²) >= 11 is 1.29. The summed E-state index contributed by atoms with van der Waals surface area (Å²) in [6.07, 6.45) is 0. The van der Waals surface area contributed by atoms with Crippen molar-refractivity contribution < 1.29 is 9.47 Å². The molecule has 27 heavy (non-hydrogen) atoms. The van der Waals surface area contributed by atoms with Crippen LogP contribution in [0.3, 0.4) is 0 Å². The minimum absolute atomic E-state index is 0.108. The normalized spacial score (nSPS) is 19.2. The van der Waals surface area contributed by atoms with Gasteiger partial charge in [0.2, 0.25) is 5.13 Å². The topological polar surface area (TPSA) is 91.2 Å². The summed E-state index contributed by atoms with van der Waals surface area (Å²) in [5.74, 6) is 1.45. The summed E-state index contributed by atoms with van der Waals surface area (Å²) in [4.78, 5) is 16.8. The number of aromatic nitrogens is 4. The molecule has 8 nitrogen and oxygen atoms in total. The molecule has 0 saturated carbocycles. The Morgan fingerprint density at radius 3 is 2.96 bits per heavy atom. The van der Waals surface area contributed by atoms with Gasteiger partial charge in [-0.2, -0.15) is 9.47 Å². The average Bonchev–Trinajstić information content (AvgIpc) is 3.31. The number of nitrogens with one attached hydrogen (secondary N) is 1. The molecular weight excluding hydrogens is 366 g/mol. The summed E-state index contributed by atoms with van der Waals surface area (Å²) in [5, 5.41) is 8.62. The third kappa shape index (κ3) is 3.69. The van der Waals surface area contributed by atoms with Crippen LogP contribution >= 0.6 is 11.5 Å². The highest BCUT2D eigenvalue weighted by Crippen LogP contribution is 2.25. The van der Waals surface area contributed by atoms with E-state index in [-0.39, 0.29) is 17.6 Å². The van der Waals surface area contributed by atoms with Gasteiger partial charge in [-0.3, -0.25) is 4.79 Å². The zero-order valence-corrected chi connectivity index (χ0v) is 15.8. The van der Waals surface area contributed by atoms with Gasteiger partial charge >= 0.3 is 0 Å². The highest BCUT2D eigenvalue weighted by molar-refractivity contribution is 7.09. The lowest BCUT2D eigenvalue weighted by atomic mass is 10.1. The van der Waals surface area contributed by atoms with Crippen molar-refractivity contribution in [2.75, 3.05) is 25.6 Å². The molecule has 0 amide bonds. The number of nitrogens with zero attached hydrogens (tertiary/aromatic N) is 4. The van der Waals surface area contributed by atoms with Gasteiger partial charge in [-0.15, -0.1) is 0 Å².